The zero-order valence-corrected chi connectivity index (χ0v) is 13.2. The fourth-order valence-electron chi connectivity index (χ4n) is 2.31. The van der Waals surface area contributed by atoms with Gasteiger partial charge in [0.25, 0.3) is 5.91 Å². The van der Waals surface area contributed by atoms with Crippen molar-refractivity contribution >= 4 is 28.5 Å². The Morgan fingerprint density at radius 3 is 2.46 bits per heavy atom. The van der Waals surface area contributed by atoms with Gasteiger partial charge in [-0.25, -0.2) is 4.79 Å². The zero-order chi connectivity index (χ0) is 17.1. The van der Waals surface area contributed by atoms with Crippen LogP contribution in [0.25, 0.3) is 11.0 Å². The molecule has 0 atom stereocenters. The average molecular weight is 325 g/mol. The van der Waals surface area contributed by atoms with Crippen LogP contribution in [-0.4, -0.2) is 26.1 Å². The lowest BCUT2D eigenvalue weighted by atomic mass is 10.2. The largest absolute Gasteiger partial charge is 0.493 e. The molecule has 0 aliphatic rings. The fourth-order valence-corrected chi connectivity index (χ4v) is 2.31. The first-order chi connectivity index (χ1) is 11.6. The van der Waals surface area contributed by atoms with Crippen LogP contribution in [0.15, 0.2) is 52.9 Å². The molecule has 3 rings (SSSR count). The highest BCUT2D eigenvalue weighted by atomic mass is 16.5. The van der Waals surface area contributed by atoms with Crippen molar-refractivity contribution in [3.63, 3.8) is 0 Å². The molecule has 0 saturated carbocycles. The van der Waals surface area contributed by atoms with Crippen LogP contribution in [0, 0.1) is 0 Å². The Labute approximate surface area is 138 Å². The minimum atomic E-state index is -0.433. The van der Waals surface area contributed by atoms with Crippen molar-refractivity contribution in [2.24, 2.45) is 0 Å². The van der Waals surface area contributed by atoms with E-state index >= 15 is 0 Å². The first kappa shape index (κ1) is 15.6. The van der Waals surface area contributed by atoms with Gasteiger partial charge in [-0.05, 0) is 36.4 Å². The van der Waals surface area contributed by atoms with Crippen LogP contribution in [0.3, 0.4) is 0 Å². The number of amides is 1. The van der Waals surface area contributed by atoms with Gasteiger partial charge in [-0.15, -0.1) is 0 Å². The van der Waals surface area contributed by atoms with E-state index < -0.39 is 5.97 Å². The van der Waals surface area contributed by atoms with Crippen molar-refractivity contribution < 1.29 is 23.5 Å². The quantitative estimate of drug-likeness (QED) is 0.743. The number of fused-ring (bicyclic) bond motifs is 1. The minimum Gasteiger partial charge on any atom is -0.493 e. The second-order valence-corrected chi connectivity index (χ2v) is 5.01. The molecule has 6 heteroatoms. The molecule has 0 unspecified atom stereocenters. The van der Waals surface area contributed by atoms with Gasteiger partial charge in [0, 0.05) is 11.1 Å². The number of carbonyl (C=O) groups excluding carboxylic acids is 2. The lowest BCUT2D eigenvalue weighted by molar-refractivity contribution is 0.0600. The number of furan rings is 1. The molecule has 1 aromatic heterocycles. The molecule has 0 saturated heterocycles. The number of methoxy groups -OCH3 is 2. The van der Waals surface area contributed by atoms with Crippen molar-refractivity contribution in [2.75, 3.05) is 19.5 Å². The standard InChI is InChI=1S/C18H15NO5/c1-22-14-5-3-4-12-10-15(24-16(12)14)17(20)19-13-8-6-11(7-9-13)18(21)23-2/h3-10H,1-2H3,(H,19,20). The maximum absolute atomic E-state index is 12.3. The molecule has 24 heavy (non-hydrogen) atoms. The molecule has 6 nitrogen and oxygen atoms in total. The smallest absolute Gasteiger partial charge is 0.337 e. The average Bonchev–Trinajstić information content (AvgIpc) is 3.06. The number of hydrogen-bond acceptors (Lipinski definition) is 5. The molecule has 1 N–H and O–H groups in total. The summed E-state index contributed by atoms with van der Waals surface area (Å²) < 4.78 is 15.4. The molecule has 0 aliphatic heterocycles. The van der Waals surface area contributed by atoms with Gasteiger partial charge < -0.3 is 19.2 Å². The summed E-state index contributed by atoms with van der Waals surface area (Å²) in [6, 6.07) is 13.5. The normalized spacial score (nSPS) is 10.4. The van der Waals surface area contributed by atoms with Crippen LogP contribution in [0.5, 0.6) is 5.75 Å². The molecule has 1 heterocycles. The van der Waals surface area contributed by atoms with E-state index in [1.807, 2.05) is 12.1 Å². The highest BCUT2D eigenvalue weighted by molar-refractivity contribution is 6.05. The van der Waals surface area contributed by atoms with Gasteiger partial charge in [-0.2, -0.15) is 0 Å². The van der Waals surface area contributed by atoms with Gasteiger partial charge in [0.2, 0.25) is 0 Å². The Hall–Kier alpha value is -3.28. The van der Waals surface area contributed by atoms with Crippen molar-refractivity contribution in [1.82, 2.24) is 0 Å². The number of benzene rings is 2. The van der Waals surface area contributed by atoms with Crippen molar-refractivity contribution in [2.45, 2.75) is 0 Å². The number of nitrogens with one attached hydrogen (secondary N) is 1. The maximum atomic E-state index is 12.3. The lowest BCUT2D eigenvalue weighted by Crippen LogP contribution is -2.11. The first-order valence-corrected chi connectivity index (χ1v) is 7.18. The second-order valence-electron chi connectivity index (χ2n) is 5.01. The van der Waals surface area contributed by atoms with Crippen LogP contribution in [-0.2, 0) is 4.74 Å². The summed E-state index contributed by atoms with van der Waals surface area (Å²) in [7, 11) is 2.85. The van der Waals surface area contributed by atoms with E-state index in [2.05, 4.69) is 10.1 Å². The second kappa shape index (κ2) is 6.45. The van der Waals surface area contributed by atoms with Gasteiger partial charge in [0.1, 0.15) is 0 Å². The molecular formula is C18H15NO5. The summed E-state index contributed by atoms with van der Waals surface area (Å²) >= 11 is 0. The molecule has 1 amide bonds. The van der Waals surface area contributed by atoms with Gasteiger partial charge in [-0.3, -0.25) is 4.79 Å². The number of ether oxygens (including phenoxy) is 2. The third kappa shape index (κ3) is 2.94. The number of anilines is 1. The molecule has 0 radical (unpaired) electrons. The van der Waals surface area contributed by atoms with Gasteiger partial charge in [0.05, 0.1) is 19.8 Å². The number of para-hydroxylation sites is 1. The van der Waals surface area contributed by atoms with Crippen molar-refractivity contribution in [3.05, 3.63) is 59.9 Å². The van der Waals surface area contributed by atoms with E-state index in [9.17, 15) is 9.59 Å². The number of esters is 1. The summed E-state index contributed by atoms with van der Waals surface area (Å²) in [5.74, 6) is -0.0862. The van der Waals surface area contributed by atoms with E-state index in [0.29, 0.717) is 22.6 Å². The van der Waals surface area contributed by atoms with Crippen LogP contribution in [0.1, 0.15) is 20.9 Å². The van der Waals surface area contributed by atoms with Crippen LogP contribution in [0.2, 0.25) is 0 Å². The monoisotopic (exact) mass is 325 g/mol. The SMILES string of the molecule is COC(=O)c1ccc(NC(=O)c2cc3cccc(OC)c3o2)cc1. The highest BCUT2D eigenvalue weighted by Crippen LogP contribution is 2.28. The van der Waals surface area contributed by atoms with E-state index in [1.165, 1.54) is 7.11 Å². The summed E-state index contributed by atoms with van der Waals surface area (Å²) in [5, 5.41) is 3.49. The van der Waals surface area contributed by atoms with E-state index in [4.69, 9.17) is 9.15 Å². The Kier molecular flexibility index (Phi) is 4.20. The molecule has 2 aromatic carbocycles. The Balaban J connectivity index is 1.81. The zero-order valence-electron chi connectivity index (χ0n) is 13.2. The van der Waals surface area contributed by atoms with Gasteiger partial charge in [0.15, 0.2) is 17.1 Å². The van der Waals surface area contributed by atoms with Gasteiger partial charge in [-0.1, -0.05) is 12.1 Å². The lowest BCUT2D eigenvalue weighted by Gasteiger charge is -2.04. The van der Waals surface area contributed by atoms with Crippen LogP contribution >= 0.6 is 0 Å². The topological polar surface area (TPSA) is 77.8 Å². The van der Waals surface area contributed by atoms with Crippen LogP contribution in [0.4, 0.5) is 5.69 Å². The molecule has 122 valence electrons. The molecule has 0 spiro atoms. The third-order valence-electron chi connectivity index (χ3n) is 3.52. The fraction of sp³-hybridized carbons (Fsp3) is 0.111. The molecule has 3 aromatic rings. The van der Waals surface area contributed by atoms with Crippen molar-refractivity contribution in [3.8, 4) is 5.75 Å². The number of hydrogen-bond donors (Lipinski definition) is 1. The van der Waals surface area contributed by atoms with Crippen molar-refractivity contribution in [1.29, 1.82) is 0 Å². The predicted octanol–water partition coefficient (Wildman–Crippen LogP) is 3.48. The Morgan fingerprint density at radius 2 is 1.79 bits per heavy atom. The first-order valence-electron chi connectivity index (χ1n) is 7.18. The number of rotatable bonds is 4. The van der Waals surface area contributed by atoms with E-state index in [0.717, 1.165) is 5.39 Å². The molecule has 0 aliphatic carbocycles. The van der Waals surface area contributed by atoms with E-state index in [1.54, 1.807) is 43.5 Å². The third-order valence-corrected chi connectivity index (χ3v) is 3.52. The minimum absolute atomic E-state index is 0.173. The maximum Gasteiger partial charge on any atom is 0.337 e. The molecular weight excluding hydrogens is 310 g/mol. The summed E-state index contributed by atoms with van der Waals surface area (Å²) in [6.07, 6.45) is 0. The Morgan fingerprint density at radius 1 is 1.04 bits per heavy atom. The van der Waals surface area contributed by atoms with E-state index in [-0.39, 0.29) is 11.7 Å². The summed E-state index contributed by atoms with van der Waals surface area (Å²) in [6.45, 7) is 0. The summed E-state index contributed by atoms with van der Waals surface area (Å²) in [5.41, 5.74) is 1.47. The molecule has 0 fully saturated rings. The van der Waals surface area contributed by atoms with Gasteiger partial charge >= 0.3 is 5.97 Å². The molecule has 0 bridgehead atoms. The number of carbonyl (C=O) groups is 2. The van der Waals surface area contributed by atoms with Crippen LogP contribution < -0.4 is 10.1 Å². The predicted molar refractivity (Wildman–Crippen MR) is 88.5 cm³/mol. The Bertz CT molecular complexity index is 895. The highest BCUT2D eigenvalue weighted by Gasteiger charge is 2.15. The summed E-state index contributed by atoms with van der Waals surface area (Å²) in [4.78, 5) is 23.7.